The van der Waals surface area contributed by atoms with E-state index in [4.69, 9.17) is 11.6 Å². The Morgan fingerprint density at radius 3 is 2.50 bits per heavy atom. The second kappa shape index (κ2) is 3.75. The van der Waals surface area contributed by atoms with E-state index >= 15 is 0 Å². The molecular formula is C9H8ClNO3. The number of halogens is 1. The van der Waals surface area contributed by atoms with E-state index in [1.54, 1.807) is 0 Å². The summed E-state index contributed by atoms with van der Waals surface area (Å²) in [5, 5.41) is 10.8. The van der Waals surface area contributed by atoms with Gasteiger partial charge >= 0.3 is 0 Å². The molecule has 1 rings (SSSR count). The summed E-state index contributed by atoms with van der Waals surface area (Å²) in [4.78, 5) is 21.1. The quantitative estimate of drug-likeness (QED) is 0.431. The van der Waals surface area contributed by atoms with Crippen LogP contribution in [0.5, 0.6) is 0 Å². The minimum absolute atomic E-state index is 0.122. The van der Waals surface area contributed by atoms with Crippen molar-refractivity contribution in [1.82, 2.24) is 0 Å². The largest absolute Gasteiger partial charge is 0.294 e. The van der Waals surface area contributed by atoms with Crippen LogP contribution in [-0.2, 0) is 0 Å². The number of rotatable bonds is 2. The van der Waals surface area contributed by atoms with E-state index < -0.39 is 4.92 Å². The maximum absolute atomic E-state index is 11.1. The molecule has 1 aromatic rings. The third kappa shape index (κ3) is 1.90. The van der Waals surface area contributed by atoms with Gasteiger partial charge in [0.15, 0.2) is 5.78 Å². The van der Waals surface area contributed by atoms with E-state index in [1.165, 1.54) is 26.0 Å². The Hall–Kier alpha value is -1.42. The van der Waals surface area contributed by atoms with Crippen molar-refractivity contribution >= 4 is 23.1 Å². The number of nitro benzene ring substituents is 1. The Morgan fingerprint density at radius 1 is 1.50 bits per heavy atom. The molecule has 0 saturated heterocycles. The molecule has 0 spiro atoms. The van der Waals surface area contributed by atoms with Crippen LogP contribution >= 0.6 is 11.6 Å². The molecule has 0 unspecified atom stereocenters. The first-order valence-corrected chi connectivity index (χ1v) is 4.26. The number of ketones is 1. The van der Waals surface area contributed by atoms with Gasteiger partial charge in [0.1, 0.15) is 0 Å². The number of carbonyl (C=O) groups is 1. The van der Waals surface area contributed by atoms with E-state index in [-0.39, 0.29) is 16.5 Å². The molecule has 0 aliphatic heterocycles. The van der Waals surface area contributed by atoms with Gasteiger partial charge in [-0.1, -0.05) is 11.6 Å². The van der Waals surface area contributed by atoms with Crippen molar-refractivity contribution in [3.8, 4) is 0 Å². The third-order valence-electron chi connectivity index (χ3n) is 1.92. The van der Waals surface area contributed by atoms with Crippen LogP contribution in [0.3, 0.4) is 0 Å². The summed E-state index contributed by atoms with van der Waals surface area (Å²) < 4.78 is 0. The zero-order valence-electron chi connectivity index (χ0n) is 7.70. The molecule has 74 valence electrons. The highest BCUT2D eigenvalue weighted by molar-refractivity contribution is 6.31. The summed E-state index contributed by atoms with van der Waals surface area (Å²) in [6, 6.07) is 2.68. The lowest BCUT2D eigenvalue weighted by atomic mass is 10.0. The first-order valence-electron chi connectivity index (χ1n) is 3.89. The molecule has 0 aliphatic rings. The van der Waals surface area contributed by atoms with Crippen LogP contribution in [0.15, 0.2) is 12.1 Å². The van der Waals surface area contributed by atoms with Gasteiger partial charge in [-0.25, -0.2) is 0 Å². The maximum Gasteiger partial charge on any atom is 0.274 e. The van der Waals surface area contributed by atoms with Gasteiger partial charge in [-0.2, -0.15) is 0 Å². The van der Waals surface area contributed by atoms with E-state index in [0.29, 0.717) is 11.1 Å². The summed E-state index contributed by atoms with van der Waals surface area (Å²) in [5.41, 5.74) is 0.527. The summed E-state index contributed by atoms with van der Waals surface area (Å²) in [7, 11) is 0. The molecule has 0 aromatic heterocycles. The fraction of sp³-hybridized carbons (Fsp3) is 0.222. The van der Waals surface area contributed by atoms with Crippen LogP contribution in [0.25, 0.3) is 0 Å². The average molecular weight is 214 g/mol. The monoisotopic (exact) mass is 213 g/mol. The lowest BCUT2D eigenvalue weighted by Crippen LogP contribution is -2.00. The molecule has 1 aromatic carbocycles. The summed E-state index contributed by atoms with van der Waals surface area (Å²) >= 11 is 5.65. The molecule has 4 nitrogen and oxygen atoms in total. The normalized spacial score (nSPS) is 9.93. The number of Topliss-reactive ketones (excluding diaryl/α,β-unsaturated/α-hetero) is 1. The van der Waals surface area contributed by atoms with Crippen LogP contribution in [0, 0.1) is 17.0 Å². The van der Waals surface area contributed by atoms with Crippen molar-refractivity contribution in [3.63, 3.8) is 0 Å². The number of nitrogens with zero attached hydrogens (tertiary/aromatic N) is 1. The van der Waals surface area contributed by atoms with E-state index in [2.05, 4.69) is 0 Å². The Labute approximate surface area is 85.6 Å². The maximum atomic E-state index is 11.1. The highest BCUT2D eigenvalue weighted by Gasteiger charge is 2.17. The molecule has 0 amide bonds. The van der Waals surface area contributed by atoms with E-state index in [9.17, 15) is 14.9 Å². The molecule has 5 heteroatoms. The van der Waals surface area contributed by atoms with Crippen molar-refractivity contribution < 1.29 is 9.72 Å². The van der Waals surface area contributed by atoms with Crippen LogP contribution in [0.2, 0.25) is 5.02 Å². The molecular weight excluding hydrogens is 206 g/mol. The SMILES string of the molecule is CC(=O)c1cc(Cl)cc([N+](=O)[O-])c1C. The molecule has 0 bridgehead atoms. The van der Waals surface area contributed by atoms with Gasteiger partial charge in [-0.05, 0) is 19.9 Å². The first-order chi connectivity index (χ1) is 6.43. The molecule has 0 N–H and O–H groups in total. The highest BCUT2D eigenvalue weighted by Crippen LogP contribution is 2.26. The van der Waals surface area contributed by atoms with Crippen LogP contribution < -0.4 is 0 Å². The molecule has 0 atom stereocenters. The van der Waals surface area contributed by atoms with Crippen LogP contribution in [0.4, 0.5) is 5.69 Å². The Morgan fingerprint density at radius 2 is 2.07 bits per heavy atom. The number of hydrogen-bond acceptors (Lipinski definition) is 3. The third-order valence-corrected chi connectivity index (χ3v) is 2.14. The second-order valence-corrected chi connectivity index (χ2v) is 3.35. The Balaban J connectivity index is 3.47. The lowest BCUT2D eigenvalue weighted by Gasteiger charge is -2.03. The van der Waals surface area contributed by atoms with Gasteiger partial charge in [-0.3, -0.25) is 14.9 Å². The number of nitro groups is 1. The molecule has 0 radical (unpaired) electrons. The fourth-order valence-electron chi connectivity index (χ4n) is 1.22. The van der Waals surface area contributed by atoms with Crippen LogP contribution in [0.1, 0.15) is 22.8 Å². The topological polar surface area (TPSA) is 60.2 Å². The number of carbonyl (C=O) groups excluding carboxylic acids is 1. The highest BCUT2D eigenvalue weighted by atomic mass is 35.5. The second-order valence-electron chi connectivity index (χ2n) is 2.91. The first kappa shape index (κ1) is 10.7. The van der Waals surface area contributed by atoms with Crippen molar-refractivity contribution in [2.24, 2.45) is 0 Å². The average Bonchev–Trinajstić information content (AvgIpc) is 2.07. The summed E-state index contributed by atoms with van der Waals surface area (Å²) in [6.07, 6.45) is 0. The fourth-order valence-corrected chi connectivity index (χ4v) is 1.43. The van der Waals surface area contributed by atoms with Gasteiger partial charge in [0.25, 0.3) is 5.69 Å². The standard InChI is InChI=1S/C9H8ClNO3/c1-5-8(6(2)12)3-7(10)4-9(5)11(13)14/h3-4H,1-2H3. The van der Waals surface area contributed by atoms with Gasteiger partial charge < -0.3 is 0 Å². The van der Waals surface area contributed by atoms with Gasteiger partial charge in [0.2, 0.25) is 0 Å². The predicted molar refractivity (Wildman–Crippen MR) is 52.8 cm³/mol. The molecule has 0 heterocycles. The zero-order valence-corrected chi connectivity index (χ0v) is 8.46. The molecule has 14 heavy (non-hydrogen) atoms. The Kier molecular flexibility index (Phi) is 2.86. The van der Waals surface area contributed by atoms with Crippen LogP contribution in [-0.4, -0.2) is 10.7 Å². The zero-order chi connectivity index (χ0) is 10.9. The van der Waals surface area contributed by atoms with Gasteiger partial charge in [-0.15, -0.1) is 0 Å². The minimum Gasteiger partial charge on any atom is -0.294 e. The van der Waals surface area contributed by atoms with Gasteiger partial charge in [0, 0.05) is 22.2 Å². The number of benzene rings is 1. The minimum atomic E-state index is -0.548. The summed E-state index contributed by atoms with van der Waals surface area (Å²) in [6.45, 7) is 2.88. The van der Waals surface area contributed by atoms with Crippen molar-refractivity contribution in [2.45, 2.75) is 13.8 Å². The number of hydrogen-bond donors (Lipinski definition) is 0. The predicted octanol–water partition coefficient (Wildman–Crippen LogP) is 2.76. The molecule has 0 aliphatic carbocycles. The lowest BCUT2D eigenvalue weighted by molar-refractivity contribution is -0.385. The molecule has 0 saturated carbocycles. The van der Waals surface area contributed by atoms with Crippen molar-refractivity contribution in [2.75, 3.05) is 0 Å². The smallest absolute Gasteiger partial charge is 0.274 e. The van der Waals surface area contributed by atoms with Crippen molar-refractivity contribution in [3.05, 3.63) is 38.4 Å². The van der Waals surface area contributed by atoms with Gasteiger partial charge in [0.05, 0.1) is 4.92 Å². The van der Waals surface area contributed by atoms with E-state index in [0.717, 1.165) is 0 Å². The summed E-state index contributed by atoms with van der Waals surface area (Å²) in [5.74, 6) is -0.229. The van der Waals surface area contributed by atoms with E-state index in [1.807, 2.05) is 0 Å². The Bertz CT molecular complexity index is 380. The van der Waals surface area contributed by atoms with Crippen molar-refractivity contribution in [1.29, 1.82) is 0 Å². The molecule has 0 fully saturated rings.